The number of halogens is 1. The van der Waals surface area contributed by atoms with E-state index >= 15 is 0 Å². The lowest BCUT2D eigenvalue weighted by Crippen LogP contribution is -2.38. The van der Waals surface area contributed by atoms with E-state index in [1.165, 1.54) is 19.3 Å². The van der Waals surface area contributed by atoms with Gasteiger partial charge in [0.1, 0.15) is 5.75 Å². The molecule has 0 radical (unpaired) electrons. The van der Waals surface area contributed by atoms with Crippen LogP contribution < -0.4 is 4.74 Å². The van der Waals surface area contributed by atoms with Crippen LogP contribution in [0.2, 0.25) is 0 Å². The van der Waals surface area contributed by atoms with E-state index in [4.69, 9.17) is 4.74 Å². The van der Waals surface area contributed by atoms with Gasteiger partial charge in [-0.05, 0) is 47.0 Å². The molecule has 0 bridgehead atoms. The van der Waals surface area contributed by atoms with E-state index in [0.717, 1.165) is 23.1 Å². The van der Waals surface area contributed by atoms with Gasteiger partial charge in [-0.15, -0.1) is 0 Å². The van der Waals surface area contributed by atoms with Crippen LogP contribution in [-0.4, -0.2) is 31.0 Å². The molecule has 1 amide bonds. The molecular formula is C15H20BrNO2. The molecule has 4 heteroatoms. The smallest absolute Gasteiger partial charge is 0.253 e. The van der Waals surface area contributed by atoms with Gasteiger partial charge in [-0.3, -0.25) is 4.79 Å². The zero-order valence-electron chi connectivity index (χ0n) is 11.5. The molecule has 3 nitrogen and oxygen atoms in total. The number of amides is 1. The van der Waals surface area contributed by atoms with Gasteiger partial charge >= 0.3 is 0 Å². The highest BCUT2D eigenvalue weighted by molar-refractivity contribution is 9.10. The average molecular weight is 326 g/mol. The largest absolute Gasteiger partial charge is 0.496 e. The molecule has 0 N–H and O–H groups in total. The van der Waals surface area contributed by atoms with Crippen molar-refractivity contribution < 1.29 is 9.53 Å². The molecule has 1 aliphatic rings. The summed E-state index contributed by atoms with van der Waals surface area (Å²) in [6.45, 7) is 0. The fourth-order valence-electron chi connectivity index (χ4n) is 2.64. The van der Waals surface area contributed by atoms with Crippen LogP contribution in [0.3, 0.4) is 0 Å². The third kappa shape index (κ3) is 3.30. The van der Waals surface area contributed by atoms with Gasteiger partial charge in [0.15, 0.2) is 0 Å². The van der Waals surface area contributed by atoms with E-state index in [2.05, 4.69) is 15.9 Å². The minimum absolute atomic E-state index is 0.0928. The van der Waals surface area contributed by atoms with Gasteiger partial charge < -0.3 is 9.64 Å². The summed E-state index contributed by atoms with van der Waals surface area (Å²) in [5.41, 5.74) is 0.709. The van der Waals surface area contributed by atoms with Gasteiger partial charge in [-0.2, -0.15) is 0 Å². The highest BCUT2D eigenvalue weighted by Gasteiger charge is 2.23. The number of hydrogen-bond donors (Lipinski definition) is 0. The van der Waals surface area contributed by atoms with Crippen molar-refractivity contribution in [3.8, 4) is 5.75 Å². The Balaban J connectivity index is 2.12. The van der Waals surface area contributed by atoms with Crippen LogP contribution in [0.5, 0.6) is 5.75 Å². The summed E-state index contributed by atoms with van der Waals surface area (Å²) < 4.78 is 6.00. The molecule has 0 heterocycles. The Morgan fingerprint density at radius 3 is 2.58 bits per heavy atom. The molecule has 2 rings (SSSR count). The summed E-state index contributed by atoms with van der Waals surface area (Å²) in [5.74, 6) is 0.840. The molecule has 0 atom stereocenters. The zero-order valence-corrected chi connectivity index (χ0v) is 13.1. The predicted molar refractivity (Wildman–Crippen MR) is 79.7 cm³/mol. The van der Waals surface area contributed by atoms with Crippen molar-refractivity contribution in [1.82, 2.24) is 4.90 Å². The SMILES string of the molecule is COc1ccc(C(=O)N(C)C2CCCCC2)cc1Br. The van der Waals surface area contributed by atoms with Crippen molar-refractivity contribution in [2.24, 2.45) is 0 Å². The lowest BCUT2D eigenvalue weighted by molar-refractivity contribution is 0.0696. The highest BCUT2D eigenvalue weighted by Crippen LogP contribution is 2.27. The van der Waals surface area contributed by atoms with E-state index in [-0.39, 0.29) is 5.91 Å². The first-order valence-electron chi connectivity index (χ1n) is 6.74. The second kappa shape index (κ2) is 6.42. The maximum absolute atomic E-state index is 12.5. The summed E-state index contributed by atoms with van der Waals surface area (Å²) in [5, 5.41) is 0. The molecule has 1 aliphatic carbocycles. The second-order valence-electron chi connectivity index (χ2n) is 5.06. The Morgan fingerprint density at radius 1 is 1.32 bits per heavy atom. The lowest BCUT2D eigenvalue weighted by atomic mass is 9.94. The third-order valence-corrected chi connectivity index (χ3v) is 4.46. The molecule has 1 fully saturated rings. The van der Waals surface area contributed by atoms with E-state index in [1.54, 1.807) is 7.11 Å². The Kier molecular flexibility index (Phi) is 4.86. The van der Waals surface area contributed by atoms with E-state index in [9.17, 15) is 4.79 Å². The molecule has 1 aromatic carbocycles. The van der Waals surface area contributed by atoms with Crippen LogP contribution in [0.25, 0.3) is 0 Å². The monoisotopic (exact) mass is 325 g/mol. The van der Waals surface area contributed by atoms with Crippen LogP contribution in [0.15, 0.2) is 22.7 Å². The number of carbonyl (C=O) groups is 1. The van der Waals surface area contributed by atoms with Gasteiger partial charge in [0, 0.05) is 18.7 Å². The fourth-order valence-corrected chi connectivity index (χ4v) is 3.18. The quantitative estimate of drug-likeness (QED) is 0.844. The van der Waals surface area contributed by atoms with Crippen LogP contribution in [0.1, 0.15) is 42.5 Å². The Hall–Kier alpha value is -1.03. The minimum atomic E-state index is 0.0928. The van der Waals surface area contributed by atoms with Crippen LogP contribution in [0.4, 0.5) is 0 Å². The minimum Gasteiger partial charge on any atom is -0.496 e. The van der Waals surface area contributed by atoms with Crippen LogP contribution in [-0.2, 0) is 0 Å². The molecule has 1 saturated carbocycles. The second-order valence-corrected chi connectivity index (χ2v) is 5.91. The van der Waals surface area contributed by atoms with Crippen molar-refractivity contribution in [1.29, 1.82) is 0 Å². The van der Waals surface area contributed by atoms with Gasteiger partial charge in [0.05, 0.1) is 11.6 Å². The first kappa shape index (κ1) is 14.4. The molecule has 0 aliphatic heterocycles. The van der Waals surface area contributed by atoms with Crippen molar-refractivity contribution in [3.63, 3.8) is 0 Å². The van der Waals surface area contributed by atoms with Crippen LogP contribution in [0, 0.1) is 0 Å². The number of ether oxygens (including phenoxy) is 1. The number of benzene rings is 1. The van der Waals surface area contributed by atoms with E-state index in [0.29, 0.717) is 11.6 Å². The molecule has 0 spiro atoms. The molecule has 19 heavy (non-hydrogen) atoms. The lowest BCUT2D eigenvalue weighted by Gasteiger charge is -2.31. The van der Waals surface area contributed by atoms with Gasteiger partial charge in [-0.1, -0.05) is 19.3 Å². The maximum Gasteiger partial charge on any atom is 0.253 e. The first-order valence-corrected chi connectivity index (χ1v) is 7.53. The predicted octanol–water partition coefficient (Wildman–Crippen LogP) is 3.86. The van der Waals surface area contributed by atoms with Gasteiger partial charge in [-0.25, -0.2) is 0 Å². The Labute approximate surface area is 123 Å². The topological polar surface area (TPSA) is 29.5 Å². The average Bonchev–Trinajstić information content (AvgIpc) is 2.46. The van der Waals surface area contributed by atoms with Crippen LogP contribution >= 0.6 is 15.9 Å². The summed E-state index contributed by atoms with van der Waals surface area (Å²) in [4.78, 5) is 14.4. The van der Waals surface area contributed by atoms with Gasteiger partial charge in [0.2, 0.25) is 0 Å². The number of methoxy groups -OCH3 is 1. The first-order chi connectivity index (χ1) is 9.13. The molecule has 104 valence electrons. The molecule has 0 aromatic heterocycles. The van der Waals surface area contributed by atoms with Crippen molar-refractivity contribution in [3.05, 3.63) is 28.2 Å². The summed E-state index contributed by atoms with van der Waals surface area (Å²) in [6.07, 6.45) is 6.01. The Bertz CT molecular complexity index is 455. The molecular weight excluding hydrogens is 306 g/mol. The molecule has 0 unspecified atom stereocenters. The van der Waals surface area contributed by atoms with Crippen molar-refractivity contribution >= 4 is 21.8 Å². The zero-order chi connectivity index (χ0) is 13.8. The van der Waals surface area contributed by atoms with Crippen molar-refractivity contribution in [2.45, 2.75) is 38.1 Å². The third-order valence-electron chi connectivity index (χ3n) is 3.84. The highest BCUT2D eigenvalue weighted by atomic mass is 79.9. The fraction of sp³-hybridized carbons (Fsp3) is 0.533. The summed E-state index contributed by atoms with van der Waals surface area (Å²) >= 11 is 3.43. The molecule has 1 aromatic rings. The molecule has 0 saturated heterocycles. The van der Waals surface area contributed by atoms with Crippen molar-refractivity contribution in [2.75, 3.05) is 14.2 Å². The maximum atomic E-state index is 12.5. The number of hydrogen-bond acceptors (Lipinski definition) is 2. The van der Waals surface area contributed by atoms with E-state index < -0.39 is 0 Å². The van der Waals surface area contributed by atoms with Gasteiger partial charge in [0.25, 0.3) is 5.91 Å². The number of rotatable bonds is 3. The Morgan fingerprint density at radius 2 is 2.00 bits per heavy atom. The standard InChI is InChI=1S/C15H20BrNO2/c1-17(12-6-4-3-5-7-12)15(18)11-8-9-14(19-2)13(16)10-11/h8-10,12H,3-7H2,1-2H3. The summed E-state index contributed by atoms with van der Waals surface area (Å²) in [7, 11) is 3.53. The number of carbonyl (C=O) groups excluding carboxylic acids is 1. The summed E-state index contributed by atoms with van der Waals surface area (Å²) in [6, 6.07) is 5.87. The normalized spacial score (nSPS) is 16.2. The number of nitrogens with zero attached hydrogens (tertiary/aromatic N) is 1. The van der Waals surface area contributed by atoms with E-state index in [1.807, 2.05) is 30.1 Å².